The second-order valence-corrected chi connectivity index (χ2v) is 11.1. The van der Waals surface area contributed by atoms with Crippen LogP contribution in [0.25, 0.3) is 11.0 Å². The zero-order valence-corrected chi connectivity index (χ0v) is 25.1. The summed E-state index contributed by atoms with van der Waals surface area (Å²) in [4.78, 5) is 26.3. The molecule has 2 aliphatic rings. The van der Waals surface area contributed by atoms with Crippen molar-refractivity contribution < 1.29 is 23.4 Å². The van der Waals surface area contributed by atoms with Crippen molar-refractivity contribution in [1.29, 1.82) is 10.5 Å². The van der Waals surface area contributed by atoms with Crippen LogP contribution in [0, 0.1) is 28.5 Å². The average Bonchev–Trinajstić information content (AvgIpc) is 3.42. The van der Waals surface area contributed by atoms with Crippen LogP contribution in [0.15, 0.2) is 48.5 Å². The number of nitrogens with zero attached hydrogens (tertiary/aromatic N) is 7. The van der Waals surface area contributed by atoms with E-state index in [9.17, 15) is 14.4 Å². The van der Waals surface area contributed by atoms with Gasteiger partial charge in [-0.25, -0.2) is 14.2 Å². The molecule has 12 heteroatoms. The van der Waals surface area contributed by atoms with Crippen LogP contribution in [-0.2, 0) is 22.6 Å². The van der Waals surface area contributed by atoms with Gasteiger partial charge < -0.3 is 23.7 Å². The number of benzene rings is 2. The summed E-state index contributed by atoms with van der Waals surface area (Å²) in [6, 6.07) is 17.0. The Hall–Kier alpha value is -5.04. The molecule has 230 valence electrons. The number of esters is 1. The van der Waals surface area contributed by atoms with Gasteiger partial charge in [-0.15, -0.1) is 0 Å². The number of fused-ring (bicyclic) bond motifs is 1. The molecule has 0 radical (unpaired) electrons. The molecule has 0 spiro atoms. The van der Waals surface area contributed by atoms with Gasteiger partial charge in [-0.05, 0) is 49.7 Å². The van der Waals surface area contributed by atoms with Crippen LogP contribution in [0.3, 0.4) is 0 Å². The fraction of sp³-hybridized carbons (Fsp3) is 0.364. The zero-order valence-electron chi connectivity index (χ0n) is 25.1. The SMILES string of the molecule is COC(=O)c1ccc2nc(C(C)N3CCN(c4cc(C#N)cc(OCc5ccc(C#N)cc5F)n4)CC3)n(CC3CCO3)c2c1. The summed E-state index contributed by atoms with van der Waals surface area (Å²) < 4.78 is 33.0. The molecule has 2 aliphatic heterocycles. The van der Waals surface area contributed by atoms with Crippen LogP contribution in [0.1, 0.15) is 52.3 Å². The van der Waals surface area contributed by atoms with Gasteiger partial charge in [-0.2, -0.15) is 15.5 Å². The first-order valence-corrected chi connectivity index (χ1v) is 14.8. The van der Waals surface area contributed by atoms with E-state index in [4.69, 9.17) is 24.5 Å². The normalized spacial score (nSPS) is 17.3. The maximum absolute atomic E-state index is 14.4. The number of pyridine rings is 1. The van der Waals surface area contributed by atoms with Crippen molar-refractivity contribution >= 4 is 22.8 Å². The van der Waals surface area contributed by atoms with Crippen molar-refractivity contribution in [1.82, 2.24) is 19.4 Å². The molecule has 2 unspecified atom stereocenters. The van der Waals surface area contributed by atoms with E-state index >= 15 is 0 Å². The number of rotatable bonds is 9. The first-order chi connectivity index (χ1) is 21.9. The lowest BCUT2D eigenvalue weighted by Crippen LogP contribution is -2.48. The molecular formula is C33H32FN7O4. The summed E-state index contributed by atoms with van der Waals surface area (Å²) in [6.07, 6.45) is 1.08. The highest BCUT2D eigenvalue weighted by Crippen LogP contribution is 2.30. The number of methoxy groups -OCH3 is 1. The number of hydrogen-bond donors (Lipinski definition) is 0. The van der Waals surface area contributed by atoms with E-state index in [1.165, 1.54) is 31.4 Å². The standard InChI is InChI=1S/C33H32FN7O4/c1-21(32-37-28-6-5-24(33(42)43-2)16-29(28)41(32)19-26-7-12-44-26)39-8-10-40(11-9-39)30-14-23(18-36)15-31(38-30)45-20-25-4-3-22(17-35)13-27(25)34/h3-6,13-16,21,26H,7-12,19-20H2,1-2H3. The Morgan fingerprint density at radius 3 is 2.51 bits per heavy atom. The molecule has 0 N–H and O–H groups in total. The van der Waals surface area contributed by atoms with Gasteiger partial charge in [-0.3, -0.25) is 4.90 Å². The average molecular weight is 610 g/mol. The molecular weight excluding hydrogens is 577 g/mol. The Bertz CT molecular complexity index is 1820. The first-order valence-electron chi connectivity index (χ1n) is 14.8. The summed E-state index contributed by atoms with van der Waals surface area (Å²) in [6.45, 7) is 6.23. The van der Waals surface area contributed by atoms with Crippen LogP contribution in [0.4, 0.5) is 10.2 Å². The minimum Gasteiger partial charge on any atom is -0.473 e. The van der Waals surface area contributed by atoms with Crippen molar-refractivity contribution in [2.24, 2.45) is 0 Å². The van der Waals surface area contributed by atoms with Crippen molar-refractivity contribution in [3.63, 3.8) is 0 Å². The molecule has 0 amide bonds. The third kappa shape index (κ3) is 6.29. The predicted molar refractivity (Wildman–Crippen MR) is 162 cm³/mol. The largest absolute Gasteiger partial charge is 0.473 e. The van der Waals surface area contributed by atoms with E-state index in [1.54, 1.807) is 12.1 Å². The second-order valence-electron chi connectivity index (χ2n) is 11.1. The highest BCUT2D eigenvalue weighted by Gasteiger charge is 2.29. The van der Waals surface area contributed by atoms with E-state index in [2.05, 4.69) is 32.3 Å². The number of carbonyl (C=O) groups excluding carboxylic acids is 1. The predicted octanol–water partition coefficient (Wildman–Crippen LogP) is 4.35. The Morgan fingerprint density at radius 1 is 1.07 bits per heavy atom. The summed E-state index contributed by atoms with van der Waals surface area (Å²) in [5, 5.41) is 18.6. The molecule has 2 atom stereocenters. The van der Waals surface area contributed by atoms with E-state index in [1.807, 2.05) is 18.2 Å². The fourth-order valence-corrected chi connectivity index (χ4v) is 5.71. The molecule has 45 heavy (non-hydrogen) atoms. The molecule has 0 saturated carbocycles. The zero-order chi connectivity index (χ0) is 31.5. The van der Waals surface area contributed by atoms with Gasteiger partial charge in [0.15, 0.2) is 0 Å². The van der Waals surface area contributed by atoms with Gasteiger partial charge in [0, 0.05) is 44.4 Å². The number of nitriles is 2. The third-order valence-corrected chi connectivity index (χ3v) is 8.41. The number of anilines is 1. The van der Waals surface area contributed by atoms with Crippen LogP contribution in [0.2, 0.25) is 0 Å². The van der Waals surface area contributed by atoms with Gasteiger partial charge in [-0.1, -0.05) is 6.07 Å². The highest BCUT2D eigenvalue weighted by molar-refractivity contribution is 5.93. The second kappa shape index (κ2) is 12.9. The quantitative estimate of drug-likeness (QED) is 0.253. The number of imidazole rings is 1. The Labute approximate surface area is 260 Å². The summed E-state index contributed by atoms with van der Waals surface area (Å²) in [5.41, 5.74) is 3.08. The van der Waals surface area contributed by atoms with Crippen LogP contribution >= 0.6 is 0 Å². The molecule has 2 aromatic heterocycles. The maximum atomic E-state index is 14.4. The molecule has 2 saturated heterocycles. The highest BCUT2D eigenvalue weighted by atomic mass is 19.1. The molecule has 0 aliphatic carbocycles. The Kier molecular flexibility index (Phi) is 8.60. The van der Waals surface area contributed by atoms with Crippen molar-refractivity contribution in [3.05, 3.63) is 82.4 Å². The molecule has 4 aromatic rings. The maximum Gasteiger partial charge on any atom is 0.337 e. The molecule has 2 aromatic carbocycles. The van der Waals surface area contributed by atoms with E-state index in [0.29, 0.717) is 42.1 Å². The van der Waals surface area contributed by atoms with Crippen molar-refractivity contribution in [3.8, 4) is 18.0 Å². The van der Waals surface area contributed by atoms with Gasteiger partial charge >= 0.3 is 5.97 Å². The molecule has 11 nitrogen and oxygen atoms in total. The molecule has 2 fully saturated rings. The van der Waals surface area contributed by atoms with Gasteiger partial charge in [0.2, 0.25) is 5.88 Å². The molecule has 0 bridgehead atoms. The summed E-state index contributed by atoms with van der Waals surface area (Å²) >= 11 is 0. The minimum absolute atomic E-state index is 0.0131. The van der Waals surface area contributed by atoms with Crippen LogP contribution in [-0.4, -0.2) is 71.4 Å². The fourth-order valence-electron chi connectivity index (χ4n) is 5.71. The third-order valence-electron chi connectivity index (χ3n) is 8.41. The van der Waals surface area contributed by atoms with Crippen molar-refractivity contribution in [2.75, 3.05) is 44.8 Å². The number of carbonyl (C=O) groups is 1. The first kappa shape index (κ1) is 30.0. The lowest BCUT2D eigenvalue weighted by atomic mass is 10.1. The van der Waals surface area contributed by atoms with Gasteiger partial charge in [0.1, 0.15) is 24.1 Å². The summed E-state index contributed by atoms with van der Waals surface area (Å²) in [5.74, 6) is 0.822. The number of ether oxygens (including phenoxy) is 3. The lowest BCUT2D eigenvalue weighted by molar-refractivity contribution is -0.0594. The molecule has 4 heterocycles. The Balaban J connectivity index is 1.17. The smallest absolute Gasteiger partial charge is 0.337 e. The molecule has 6 rings (SSSR count). The number of aromatic nitrogens is 3. The monoisotopic (exact) mass is 609 g/mol. The minimum atomic E-state index is -0.534. The van der Waals surface area contributed by atoms with E-state index in [0.717, 1.165) is 43.0 Å². The number of hydrogen-bond acceptors (Lipinski definition) is 10. The van der Waals surface area contributed by atoms with Crippen LogP contribution < -0.4 is 9.64 Å². The number of halogens is 1. The van der Waals surface area contributed by atoms with Crippen LogP contribution in [0.5, 0.6) is 5.88 Å². The van der Waals surface area contributed by atoms with E-state index < -0.39 is 5.82 Å². The lowest BCUT2D eigenvalue weighted by Gasteiger charge is -2.38. The summed E-state index contributed by atoms with van der Waals surface area (Å²) in [7, 11) is 1.37. The number of piperazine rings is 1. The van der Waals surface area contributed by atoms with Gasteiger partial charge in [0.25, 0.3) is 0 Å². The van der Waals surface area contributed by atoms with E-state index in [-0.39, 0.29) is 36.2 Å². The van der Waals surface area contributed by atoms with Gasteiger partial charge in [0.05, 0.1) is 65.7 Å². The van der Waals surface area contributed by atoms with Crippen molar-refractivity contribution in [2.45, 2.75) is 38.6 Å². The topological polar surface area (TPSA) is 130 Å². The Morgan fingerprint density at radius 2 is 1.84 bits per heavy atom.